The number of ether oxygens (including phenoxy) is 3. The molecule has 10 heteroatoms. The van der Waals surface area contributed by atoms with Crippen molar-refractivity contribution in [3.8, 4) is 23.0 Å². The van der Waals surface area contributed by atoms with E-state index >= 15 is 0 Å². The van der Waals surface area contributed by atoms with E-state index in [0.29, 0.717) is 11.1 Å². The van der Waals surface area contributed by atoms with E-state index in [-0.39, 0.29) is 23.0 Å². The summed E-state index contributed by atoms with van der Waals surface area (Å²) in [7, 11) is 0. The maximum Gasteiger partial charge on any atom is 0.331 e. The predicted molar refractivity (Wildman–Crippen MR) is 141 cm³/mol. The number of hydrogen-bond donors (Lipinski definition) is 6. The number of phenols is 3. The van der Waals surface area contributed by atoms with Crippen molar-refractivity contribution in [3.05, 3.63) is 89.5 Å². The van der Waals surface area contributed by atoms with E-state index in [1.54, 1.807) is 42.5 Å². The van der Waals surface area contributed by atoms with Gasteiger partial charge in [0.2, 0.25) is 6.29 Å². The van der Waals surface area contributed by atoms with Gasteiger partial charge in [0.1, 0.15) is 41.3 Å². The molecule has 0 unspecified atom stereocenters. The molecule has 6 N–H and O–H groups in total. The van der Waals surface area contributed by atoms with Gasteiger partial charge in [-0.25, -0.2) is 4.79 Å². The number of esters is 1. The highest BCUT2D eigenvalue weighted by molar-refractivity contribution is 5.87. The van der Waals surface area contributed by atoms with Gasteiger partial charge in [-0.05, 0) is 59.2 Å². The van der Waals surface area contributed by atoms with Gasteiger partial charge in [0.25, 0.3) is 0 Å². The van der Waals surface area contributed by atoms with Gasteiger partial charge in [-0.15, -0.1) is 0 Å². The van der Waals surface area contributed by atoms with Crippen LogP contribution in [-0.2, 0) is 14.3 Å². The van der Waals surface area contributed by atoms with Crippen LogP contribution in [-0.4, -0.2) is 73.9 Å². The van der Waals surface area contributed by atoms with Crippen molar-refractivity contribution < 1.29 is 49.6 Å². The lowest BCUT2D eigenvalue weighted by Crippen LogP contribution is -2.61. The van der Waals surface area contributed by atoms with Crippen LogP contribution in [0.25, 0.3) is 18.2 Å². The van der Waals surface area contributed by atoms with Crippen LogP contribution in [0.1, 0.15) is 16.7 Å². The molecular weight excluding hydrogens is 508 g/mol. The molecule has 4 rings (SSSR count). The molecule has 0 aliphatic carbocycles. The molecule has 0 spiro atoms. The number of rotatable bonds is 8. The highest BCUT2D eigenvalue weighted by Crippen LogP contribution is 2.30. The second-order valence-corrected chi connectivity index (χ2v) is 8.84. The number of phenolic OH excluding ortho intramolecular Hbond substituents is 3. The van der Waals surface area contributed by atoms with Crippen LogP contribution in [0.2, 0.25) is 0 Å². The number of benzene rings is 3. The molecule has 39 heavy (non-hydrogen) atoms. The SMILES string of the molecule is O=C(C=Cc1ccc(O)cc1)O[C@@H]1[C@@H](Oc2cc(O)cc(C=Cc3ccc(O)cc3)c2)O[C@@H](CO)[C@H](O)[C@H]1O. The Hall–Kier alpha value is -4.35. The molecule has 5 atom stereocenters. The number of carbonyl (C=O) groups excluding carboxylic acids is 1. The van der Waals surface area contributed by atoms with Crippen LogP contribution in [0.5, 0.6) is 23.0 Å². The topological polar surface area (TPSA) is 166 Å². The van der Waals surface area contributed by atoms with Crippen molar-refractivity contribution in [1.82, 2.24) is 0 Å². The lowest BCUT2D eigenvalue weighted by molar-refractivity contribution is -0.281. The standard InChI is InChI=1S/C29H28O10/c30-16-24-26(35)27(36)28(39-25(34)12-7-18-5-10-21(32)11-6-18)29(38-24)37-23-14-19(13-22(33)15-23)2-1-17-3-8-20(31)9-4-17/h1-15,24,26-33,35-36H,16H2/t24-,26-,27+,28-,29-/m0/s1. The van der Waals surface area contributed by atoms with Crippen LogP contribution in [0, 0.1) is 0 Å². The van der Waals surface area contributed by atoms with Gasteiger partial charge in [-0.2, -0.15) is 0 Å². The predicted octanol–water partition coefficient (Wildman–Crippen LogP) is 2.42. The zero-order chi connectivity index (χ0) is 27.9. The molecule has 0 amide bonds. The lowest BCUT2D eigenvalue weighted by Gasteiger charge is -2.41. The number of carbonyl (C=O) groups is 1. The summed E-state index contributed by atoms with van der Waals surface area (Å²) in [6.07, 6.45) is -1.40. The fourth-order valence-electron chi connectivity index (χ4n) is 3.88. The first-order chi connectivity index (χ1) is 18.7. The molecule has 10 nitrogen and oxygen atoms in total. The largest absolute Gasteiger partial charge is 0.508 e. The highest BCUT2D eigenvalue weighted by Gasteiger charge is 2.47. The van der Waals surface area contributed by atoms with Gasteiger partial charge in [0.15, 0.2) is 6.10 Å². The summed E-state index contributed by atoms with van der Waals surface area (Å²) >= 11 is 0. The fraction of sp³-hybridized carbons (Fsp3) is 0.207. The quantitative estimate of drug-likeness (QED) is 0.143. The Morgan fingerprint density at radius 2 is 1.36 bits per heavy atom. The van der Waals surface area contributed by atoms with E-state index in [1.165, 1.54) is 42.5 Å². The Morgan fingerprint density at radius 1 is 0.769 bits per heavy atom. The van der Waals surface area contributed by atoms with E-state index in [9.17, 15) is 35.4 Å². The van der Waals surface area contributed by atoms with Gasteiger partial charge in [-0.1, -0.05) is 36.4 Å². The molecule has 1 aliphatic rings. The fourth-order valence-corrected chi connectivity index (χ4v) is 3.88. The van der Waals surface area contributed by atoms with Crippen molar-refractivity contribution in [2.45, 2.75) is 30.7 Å². The number of aromatic hydroxyl groups is 3. The van der Waals surface area contributed by atoms with Gasteiger partial charge in [0.05, 0.1) is 6.61 Å². The van der Waals surface area contributed by atoms with Gasteiger partial charge < -0.3 is 44.8 Å². The van der Waals surface area contributed by atoms with E-state index < -0.39 is 43.3 Å². The molecule has 204 valence electrons. The molecule has 3 aromatic carbocycles. The molecule has 0 saturated carbocycles. The van der Waals surface area contributed by atoms with Crippen molar-refractivity contribution in [2.24, 2.45) is 0 Å². The van der Waals surface area contributed by atoms with Crippen LogP contribution in [0.15, 0.2) is 72.8 Å². The molecule has 0 aromatic heterocycles. The van der Waals surface area contributed by atoms with Crippen molar-refractivity contribution >= 4 is 24.2 Å². The second-order valence-electron chi connectivity index (χ2n) is 8.84. The monoisotopic (exact) mass is 536 g/mol. The molecule has 3 aromatic rings. The molecule has 0 bridgehead atoms. The first-order valence-electron chi connectivity index (χ1n) is 12.0. The molecular formula is C29H28O10. The first-order valence-corrected chi connectivity index (χ1v) is 12.0. The summed E-state index contributed by atoms with van der Waals surface area (Å²) < 4.78 is 16.8. The Balaban J connectivity index is 1.52. The average Bonchev–Trinajstić information content (AvgIpc) is 2.92. The molecule has 1 heterocycles. The third-order valence-electron chi connectivity index (χ3n) is 5.91. The van der Waals surface area contributed by atoms with Gasteiger partial charge >= 0.3 is 5.97 Å². The van der Waals surface area contributed by atoms with E-state index in [0.717, 1.165) is 11.6 Å². The summed E-state index contributed by atoms with van der Waals surface area (Å²) in [5.41, 5.74) is 1.94. The van der Waals surface area contributed by atoms with Gasteiger partial charge in [0, 0.05) is 12.1 Å². The minimum Gasteiger partial charge on any atom is -0.508 e. The summed E-state index contributed by atoms with van der Waals surface area (Å²) in [5.74, 6) is -0.708. The van der Waals surface area contributed by atoms with Crippen molar-refractivity contribution in [2.75, 3.05) is 6.61 Å². The number of hydrogen-bond acceptors (Lipinski definition) is 10. The van der Waals surface area contributed by atoms with Crippen LogP contribution in [0.4, 0.5) is 0 Å². The smallest absolute Gasteiger partial charge is 0.331 e. The Bertz CT molecular complexity index is 1320. The zero-order valence-corrected chi connectivity index (χ0v) is 20.6. The summed E-state index contributed by atoms with van der Waals surface area (Å²) in [5, 5.41) is 59.6. The third kappa shape index (κ3) is 7.37. The highest BCUT2D eigenvalue weighted by atomic mass is 16.7. The molecule has 0 radical (unpaired) electrons. The molecule has 1 fully saturated rings. The van der Waals surface area contributed by atoms with Crippen LogP contribution >= 0.6 is 0 Å². The van der Waals surface area contributed by atoms with Gasteiger partial charge in [-0.3, -0.25) is 0 Å². The van der Waals surface area contributed by atoms with Crippen molar-refractivity contribution in [1.29, 1.82) is 0 Å². The molecule has 1 saturated heterocycles. The maximum atomic E-state index is 12.5. The Kier molecular flexibility index (Phi) is 8.84. The maximum absolute atomic E-state index is 12.5. The minimum absolute atomic E-state index is 0.0653. The van der Waals surface area contributed by atoms with E-state index in [2.05, 4.69) is 0 Å². The van der Waals surface area contributed by atoms with Crippen LogP contribution < -0.4 is 4.74 Å². The average molecular weight is 537 g/mol. The lowest BCUT2D eigenvalue weighted by atomic mass is 9.99. The minimum atomic E-state index is -1.65. The zero-order valence-electron chi connectivity index (χ0n) is 20.6. The van der Waals surface area contributed by atoms with Crippen LogP contribution in [0.3, 0.4) is 0 Å². The number of aliphatic hydroxyl groups excluding tert-OH is 3. The molecule has 1 aliphatic heterocycles. The van der Waals surface area contributed by atoms with E-state index in [1.807, 2.05) is 0 Å². The number of aliphatic hydroxyl groups is 3. The van der Waals surface area contributed by atoms with Crippen molar-refractivity contribution in [3.63, 3.8) is 0 Å². The second kappa shape index (κ2) is 12.5. The Labute approximate surface area is 223 Å². The third-order valence-corrected chi connectivity index (χ3v) is 5.91. The Morgan fingerprint density at radius 3 is 1.97 bits per heavy atom. The summed E-state index contributed by atoms with van der Waals surface area (Å²) in [4.78, 5) is 12.5. The normalized spacial score (nSPS) is 23.2. The first kappa shape index (κ1) is 27.7. The van der Waals surface area contributed by atoms with E-state index in [4.69, 9.17) is 14.2 Å². The summed E-state index contributed by atoms with van der Waals surface area (Å²) in [6, 6.07) is 16.9. The summed E-state index contributed by atoms with van der Waals surface area (Å²) in [6.45, 7) is -0.639.